The van der Waals surface area contributed by atoms with Gasteiger partial charge in [0.1, 0.15) is 24.4 Å². The Morgan fingerprint density at radius 3 is 2.37 bits per heavy atom. The number of fused-ring (bicyclic) bond motifs is 2. The van der Waals surface area contributed by atoms with Gasteiger partial charge in [0.25, 0.3) is 0 Å². The number of benzene rings is 2. The molecule has 15 heteroatoms. The van der Waals surface area contributed by atoms with Crippen LogP contribution in [0.4, 0.5) is 5.69 Å². The third-order valence-corrected chi connectivity index (χ3v) is 8.53. The Kier molecular flexibility index (Phi) is 11.8. The molecule has 0 saturated carbocycles. The summed E-state index contributed by atoms with van der Waals surface area (Å²) < 4.78 is 0. The highest BCUT2D eigenvalue weighted by atomic mass is 16.4. The number of carboxylic acid groups (broad SMARTS) is 2. The van der Waals surface area contributed by atoms with Crippen molar-refractivity contribution in [1.82, 2.24) is 20.9 Å². The molecule has 0 aliphatic carbocycles. The van der Waals surface area contributed by atoms with E-state index in [4.69, 9.17) is 10.2 Å². The first kappa shape index (κ1) is 36.2. The fraction of sp³-hybridized carbons (Fsp3) is 0.412. The molecule has 4 rings (SSSR count). The van der Waals surface area contributed by atoms with Crippen LogP contribution < -0.4 is 20.9 Å². The number of aldehydes is 1. The molecule has 2 aromatic carbocycles. The van der Waals surface area contributed by atoms with E-state index >= 15 is 0 Å². The number of aliphatic carboxylic acids is 2. The van der Waals surface area contributed by atoms with E-state index in [0.29, 0.717) is 24.0 Å². The van der Waals surface area contributed by atoms with Gasteiger partial charge in [-0.15, -0.1) is 0 Å². The summed E-state index contributed by atoms with van der Waals surface area (Å²) in [6, 6.07) is 7.58. The van der Waals surface area contributed by atoms with E-state index in [2.05, 4.69) is 16.0 Å². The number of nitrogens with one attached hydrogen (secondary N) is 3. The quantitative estimate of drug-likeness (QED) is 0.173. The van der Waals surface area contributed by atoms with Crippen molar-refractivity contribution in [3.8, 4) is 0 Å². The van der Waals surface area contributed by atoms with Crippen molar-refractivity contribution < 1.29 is 48.6 Å². The van der Waals surface area contributed by atoms with Gasteiger partial charge in [-0.3, -0.25) is 38.5 Å². The van der Waals surface area contributed by atoms with Crippen molar-refractivity contribution in [2.45, 2.75) is 76.5 Å². The van der Waals surface area contributed by atoms with Gasteiger partial charge in [-0.05, 0) is 48.9 Å². The van der Waals surface area contributed by atoms with Crippen LogP contribution in [0.1, 0.15) is 60.9 Å². The lowest BCUT2D eigenvalue weighted by molar-refractivity contribution is -0.143. The van der Waals surface area contributed by atoms with Gasteiger partial charge in [-0.25, -0.2) is 0 Å². The molecule has 0 fully saturated rings. The fourth-order valence-electron chi connectivity index (χ4n) is 6.26. The number of hydrogen-bond donors (Lipinski definition) is 5. The first-order valence-corrected chi connectivity index (χ1v) is 15.8. The summed E-state index contributed by atoms with van der Waals surface area (Å²) >= 11 is 0. The standard InChI is InChI=1S/C34H39N5O10/c1-19-10-11-24-21(14-19)12-13-38(31(24)34(49)36-23(18-40)16-30(45)46)28(42)17-35-32(47)25(7-5-9-29(43)44)37-33(48)27-15-22-6-3-4-8-26(22)39(27)20(2)41/h3-4,6,8,10-11,14,18,23,25,27,31H,5,7,9,12-13,15-17H2,1-2H3,(H,35,47)(H,36,49)(H,37,48)(H,43,44)(H,45,46)/t23?,25?,27-,31-/m0/s1. The molecule has 5 amide bonds. The third kappa shape index (κ3) is 8.86. The zero-order valence-corrected chi connectivity index (χ0v) is 27.1. The molecule has 2 heterocycles. The Morgan fingerprint density at radius 2 is 1.69 bits per heavy atom. The topological polar surface area (TPSA) is 220 Å². The van der Waals surface area contributed by atoms with Gasteiger partial charge in [0.05, 0.1) is 19.0 Å². The second-order valence-electron chi connectivity index (χ2n) is 12.1. The van der Waals surface area contributed by atoms with E-state index in [9.17, 15) is 38.4 Å². The average Bonchev–Trinajstić information content (AvgIpc) is 3.45. The molecule has 4 atom stereocenters. The Bertz CT molecular complexity index is 1660. The summed E-state index contributed by atoms with van der Waals surface area (Å²) in [5.74, 6) is -5.60. The van der Waals surface area contributed by atoms with E-state index < -0.39 is 72.7 Å². The second kappa shape index (κ2) is 16.0. The summed E-state index contributed by atoms with van der Waals surface area (Å²) in [5.41, 5.74) is 3.55. The minimum Gasteiger partial charge on any atom is -0.481 e. The molecule has 15 nitrogen and oxygen atoms in total. The molecule has 0 bridgehead atoms. The van der Waals surface area contributed by atoms with Gasteiger partial charge >= 0.3 is 11.9 Å². The molecule has 2 aromatic rings. The highest BCUT2D eigenvalue weighted by Gasteiger charge is 2.39. The predicted molar refractivity (Wildman–Crippen MR) is 173 cm³/mol. The molecule has 0 radical (unpaired) electrons. The Hall–Kier alpha value is -5.60. The third-order valence-electron chi connectivity index (χ3n) is 8.53. The Labute approximate surface area is 282 Å². The molecule has 2 unspecified atom stereocenters. The van der Waals surface area contributed by atoms with Crippen LogP contribution in [0.15, 0.2) is 42.5 Å². The maximum atomic E-state index is 13.6. The number of para-hydroxylation sites is 1. The first-order valence-electron chi connectivity index (χ1n) is 15.8. The number of anilines is 1. The molecule has 260 valence electrons. The van der Waals surface area contributed by atoms with E-state index in [0.717, 1.165) is 16.7 Å². The maximum absolute atomic E-state index is 13.6. The Balaban J connectivity index is 1.49. The van der Waals surface area contributed by atoms with Crippen LogP contribution in [0.2, 0.25) is 0 Å². The molecular weight excluding hydrogens is 638 g/mol. The summed E-state index contributed by atoms with van der Waals surface area (Å²) in [5, 5.41) is 25.8. The lowest BCUT2D eigenvalue weighted by Crippen LogP contribution is -2.55. The van der Waals surface area contributed by atoms with Gasteiger partial charge in [0, 0.05) is 32.0 Å². The largest absolute Gasteiger partial charge is 0.481 e. The van der Waals surface area contributed by atoms with Gasteiger partial charge in [-0.2, -0.15) is 0 Å². The zero-order chi connectivity index (χ0) is 35.8. The number of amides is 5. The van der Waals surface area contributed by atoms with Crippen LogP contribution >= 0.6 is 0 Å². The summed E-state index contributed by atoms with van der Waals surface area (Å²) in [6.07, 6.45) is -0.0793. The second-order valence-corrected chi connectivity index (χ2v) is 12.1. The summed E-state index contributed by atoms with van der Waals surface area (Å²) in [4.78, 5) is 103. The number of hydrogen-bond acceptors (Lipinski definition) is 8. The van der Waals surface area contributed by atoms with Gasteiger partial charge in [0.2, 0.25) is 29.5 Å². The molecule has 5 N–H and O–H groups in total. The van der Waals surface area contributed by atoms with Gasteiger partial charge in [0.15, 0.2) is 0 Å². The minimum absolute atomic E-state index is 0.0295. The van der Waals surface area contributed by atoms with Crippen molar-refractivity contribution in [2.24, 2.45) is 0 Å². The maximum Gasteiger partial charge on any atom is 0.305 e. The minimum atomic E-state index is -1.33. The molecule has 2 aliphatic rings. The summed E-state index contributed by atoms with van der Waals surface area (Å²) in [6.45, 7) is 2.68. The molecule has 0 aromatic heterocycles. The van der Waals surface area contributed by atoms with Crippen molar-refractivity contribution >= 4 is 53.4 Å². The lowest BCUT2D eigenvalue weighted by Gasteiger charge is -2.37. The van der Waals surface area contributed by atoms with Crippen molar-refractivity contribution in [3.63, 3.8) is 0 Å². The van der Waals surface area contributed by atoms with Crippen LogP contribution in [0.25, 0.3) is 0 Å². The normalized spacial score (nSPS) is 17.5. The monoisotopic (exact) mass is 677 g/mol. The van der Waals surface area contributed by atoms with Crippen LogP contribution in [0.5, 0.6) is 0 Å². The molecule has 0 spiro atoms. The number of carboxylic acids is 2. The summed E-state index contributed by atoms with van der Waals surface area (Å²) in [7, 11) is 0. The first-order chi connectivity index (χ1) is 23.3. The zero-order valence-electron chi connectivity index (χ0n) is 27.1. The van der Waals surface area contributed by atoms with Crippen molar-refractivity contribution in [2.75, 3.05) is 18.0 Å². The Morgan fingerprint density at radius 1 is 0.959 bits per heavy atom. The predicted octanol–water partition coefficient (Wildman–Crippen LogP) is 0.413. The SMILES string of the molecule is CC(=O)N1c2ccccc2C[C@H]1C(=O)NC(CCCC(=O)O)C(=O)NCC(=O)N1CCc2cc(C)ccc2[C@H]1C(=O)NC(C=O)CC(=O)O. The highest BCUT2D eigenvalue weighted by Crippen LogP contribution is 2.33. The van der Waals surface area contributed by atoms with E-state index in [1.54, 1.807) is 36.4 Å². The smallest absolute Gasteiger partial charge is 0.305 e. The van der Waals surface area contributed by atoms with Crippen molar-refractivity contribution in [1.29, 1.82) is 0 Å². The number of carbonyl (C=O) groups excluding carboxylic acids is 6. The van der Waals surface area contributed by atoms with E-state index in [1.165, 1.54) is 16.7 Å². The number of nitrogens with zero attached hydrogens (tertiary/aromatic N) is 2. The van der Waals surface area contributed by atoms with Crippen molar-refractivity contribution in [3.05, 3.63) is 64.7 Å². The van der Waals surface area contributed by atoms with E-state index in [-0.39, 0.29) is 38.1 Å². The number of rotatable bonds is 14. The molecule has 2 aliphatic heterocycles. The number of carbonyl (C=O) groups is 8. The number of aryl methyl sites for hydroxylation is 1. The molecule has 49 heavy (non-hydrogen) atoms. The highest BCUT2D eigenvalue weighted by molar-refractivity contribution is 6.03. The van der Waals surface area contributed by atoms with Crippen LogP contribution in [0.3, 0.4) is 0 Å². The molecule has 0 saturated heterocycles. The average molecular weight is 678 g/mol. The van der Waals surface area contributed by atoms with Crippen LogP contribution in [-0.4, -0.2) is 94.1 Å². The lowest BCUT2D eigenvalue weighted by atomic mass is 9.90. The van der Waals surface area contributed by atoms with Gasteiger partial charge < -0.3 is 35.9 Å². The van der Waals surface area contributed by atoms with Gasteiger partial charge in [-0.1, -0.05) is 42.0 Å². The fourth-order valence-corrected chi connectivity index (χ4v) is 6.26. The molecular formula is C34H39N5O10. The van der Waals surface area contributed by atoms with Crippen LogP contribution in [0, 0.1) is 6.92 Å². The van der Waals surface area contributed by atoms with E-state index in [1.807, 2.05) is 13.0 Å². The van der Waals surface area contributed by atoms with Crippen LogP contribution in [-0.2, 0) is 51.2 Å².